The van der Waals surface area contributed by atoms with Gasteiger partial charge in [0.05, 0.1) is 14.2 Å². The maximum atomic E-state index is 14.3. The molecule has 190 valence electrons. The van der Waals surface area contributed by atoms with Crippen LogP contribution in [0, 0.1) is 11.7 Å². The predicted octanol–water partition coefficient (Wildman–Crippen LogP) is 4.90. The summed E-state index contributed by atoms with van der Waals surface area (Å²) in [7, 11) is 3.16. The molecule has 0 fully saturated rings. The standard InChI is InChI=1S/C29H28FN3O4/c1-18-10-12-33-27(29(35)32(16-18)17-19-13-22(36-2)15-23(14-19)37-3)25(20-6-8-21(30)9-7-20)24-5-4-11-31-26(24)28(33)34/h4-9,11,13-15,18H,10,12,16-17H2,1-3H3/t18-/m0/s1. The fourth-order valence-electron chi connectivity index (χ4n) is 4.98. The number of ether oxygens (including phenoxy) is 2. The second kappa shape index (κ2) is 10.0. The summed E-state index contributed by atoms with van der Waals surface area (Å²) in [5, 5.41) is 0.565. The predicted molar refractivity (Wildman–Crippen MR) is 139 cm³/mol. The van der Waals surface area contributed by atoms with Crippen LogP contribution < -0.4 is 15.0 Å². The number of carbonyl (C=O) groups excluding carboxylic acids is 1. The maximum absolute atomic E-state index is 14.3. The molecule has 1 atom stereocenters. The Morgan fingerprint density at radius 2 is 1.73 bits per heavy atom. The topological polar surface area (TPSA) is 73.7 Å². The summed E-state index contributed by atoms with van der Waals surface area (Å²) in [6.45, 7) is 3.28. The number of hydrogen-bond acceptors (Lipinski definition) is 5. The largest absolute Gasteiger partial charge is 0.497 e. The van der Waals surface area contributed by atoms with Crippen LogP contribution in [0.5, 0.6) is 11.5 Å². The van der Waals surface area contributed by atoms with E-state index in [1.807, 2.05) is 12.1 Å². The number of carbonyl (C=O) groups is 1. The molecular formula is C29H28FN3O4. The molecule has 8 heteroatoms. The lowest BCUT2D eigenvalue weighted by molar-refractivity contribution is 0.0686. The van der Waals surface area contributed by atoms with E-state index in [9.17, 15) is 14.0 Å². The fraction of sp³-hybridized carbons (Fsp3) is 0.276. The minimum atomic E-state index is -0.379. The van der Waals surface area contributed by atoms with E-state index >= 15 is 0 Å². The second-order valence-electron chi connectivity index (χ2n) is 9.39. The van der Waals surface area contributed by atoms with Gasteiger partial charge in [-0.2, -0.15) is 0 Å². The highest BCUT2D eigenvalue weighted by atomic mass is 19.1. The molecule has 0 spiro atoms. The number of methoxy groups -OCH3 is 2. The molecule has 2 aromatic heterocycles. The molecule has 37 heavy (non-hydrogen) atoms. The minimum absolute atomic E-state index is 0.158. The smallest absolute Gasteiger partial charge is 0.277 e. The molecule has 1 aliphatic heterocycles. The lowest BCUT2D eigenvalue weighted by atomic mass is 9.95. The molecule has 0 radical (unpaired) electrons. The minimum Gasteiger partial charge on any atom is -0.497 e. The molecule has 0 N–H and O–H groups in total. The van der Waals surface area contributed by atoms with Gasteiger partial charge in [0.1, 0.15) is 28.5 Å². The van der Waals surface area contributed by atoms with Crippen molar-refractivity contribution in [2.75, 3.05) is 20.8 Å². The van der Waals surface area contributed by atoms with Crippen LogP contribution >= 0.6 is 0 Å². The number of fused-ring (bicyclic) bond motifs is 2. The molecule has 5 rings (SSSR count). The Hall–Kier alpha value is -4.20. The van der Waals surface area contributed by atoms with Crippen molar-refractivity contribution in [1.82, 2.24) is 14.5 Å². The molecular weight excluding hydrogens is 473 g/mol. The van der Waals surface area contributed by atoms with Gasteiger partial charge in [0.25, 0.3) is 11.5 Å². The van der Waals surface area contributed by atoms with Gasteiger partial charge in [0.15, 0.2) is 0 Å². The van der Waals surface area contributed by atoms with Crippen LogP contribution in [0.3, 0.4) is 0 Å². The van der Waals surface area contributed by atoms with E-state index in [0.29, 0.717) is 59.8 Å². The van der Waals surface area contributed by atoms with Crippen molar-refractivity contribution >= 4 is 16.8 Å². The Labute approximate surface area is 214 Å². The Balaban J connectivity index is 1.72. The van der Waals surface area contributed by atoms with Crippen LogP contribution in [-0.2, 0) is 13.1 Å². The van der Waals surface area contributed by atoms with Crippen LogP contribution in [-0.4, -0.2) is 41.1 Å². The normalized spacial score (nSPS) is 15.7. The summed E-state index contributed by atoms with van der Waals surface area (Å²) in [5.41, 5.74) is 2.34. The first kappa shape index (κ1) is 24.5. The third kappa shape index (κ3) is 4.67. The number of rotatable bonds is 5. The van der Waals surface area contributed by atoms with Crippen molar-refractivity contribution in [2.24, 2.45) is 5.92 Å². The van der Waals surface area contributed by atoms with Crippen molar-refractivity contribution in [1.29, 1.82) is 0 Å². The van der Waals surface area contributed by atoms with Crippen molar-refractivity contribution in [3.8, 4) is 22.6 Å². The summed E-state index contributed by atoms with van der Waals surface area (Å²) in [5.74, 6) is 0.766. The number of nitrogens with zero attached hydrogens (tertiary/aromatic N) is 3. The quantitative estimate of drug-likeness (QED) is 0.389. The Kier molecular flexibility index (Phi) is 6.65. The van der Waals surface area contributed by atoms with Crippen molar-refractivity contribution < 1.29 is 18.7 Å². The van der Waals surface area contributed by atoms with E-state index < -0.39 is 0 Å². The Morgan fingerprint density at radius 1 is 1.03 bits per heavy atom. The van der Waals surface area contributed by atoms with Crippen molar-refractivity contribution in [3.63, 3.8) is 0 Å². The van der Waals surface area contributed by atoms with Gasteiger partial charge >= 0.3 is 0 Å². The lowest BCUT2D eigenvalue weighted by Crippen LogP contribution is -2.41. The average Bonchev–Trinajstić information content (AvgIpc) is 2.91. The SMILES string of the molecule is COc1cc(CN2C[C@@H](C)CCn3c(c(-c4ccc(F)cc4)c4cccnc4c3=O)C2=O)cc(OC)c1. The first-order valence-electron chi connectivity index (χ1n) is 12.2. The molecule has 0 aliphatic carbocycles. The molecule has 4 aromatic rings. The third-order valence-corrected chi connectivity index (χ3v) is 6.82. The van der Waals surface area contributed by atoms with Crippen LogP contribution in [0.15, 0.2) is 65.6 Å². The molecule has 3 heterocycles. The van der Waals surface area contributed by atoms with Gasteiger partial charge in [-0.1, -0.05) is 25.1 Å². The zero-order valence-corrected chi connectivity index (χ0v) is 21.0. The molecule has 7 nitrogen and oxygen atoms in total. The van der Waals surface area contributed by atoms with E-state index in [0.717, 1.165) is 5.56 Å². The monoisotopic (exact) mass is 501 g/mol. The van der Waals surface area contributed by atoms with Gasteiger partial charge in [-0.3, -0.25) is 14.6 Å². The molecule has 2 aromatic carbocycles. The van der Waals surface area contributed by atoms with E-state index in [4.69, 9.17) is 9.47 Å². The number of benzene rings is 2. The van der Waals surface area contributed by atoms with E-state index in [1.165, 1.54) is 12.1 Å². The van der Waals surface area contributed by atoms with Crippen molar-refractivity contribution in [3.05, 3.63) is 88.2 Å². The zero-order valence-electron chi connectivity index (χ0n) is 21.0. The number of pyridine rings is 2. The van der Waals surface area contributed by atoms with Crippen LogP contribution in [0.4, 0.5) is 4.39 Å². The van der Waals surface area contributed by atoms with Crippen LogP contribution in [0.2, 0.25) is 0 Å². The highest BCUT2D eigenvalue weighted by Crippen LogP contribution is 2.33. The third-order valence-electron chi connectivity index (χ3n) is 6.82. The molecule has 0 saturated heterocycles. The first-order valence-corrected chi connectivity index (χ1v) is 12.2. The van der Waals surface area contributed by atoms with Crippen LogP contribution in [0.25, 0.3) is 22.0 Å². The van der Waals surface area contributed by atoms with Gasteiger partial charge in [0, 0.05) is 42.8 Å². The number of halogens is 1. The van der Waals surface area contributed by atoms with E-state index in [-0.39, 0.29) is 28.7 Å². The fourth-order valence-corrected chi connectivity index (χ4v) is 4.98. The van der Waals surface area contributed by atoms with Gasteiger partial charge in [-0.05, 0) is 53.8 Å². The number of aromatic nitrogens is 2. The van der Waals surface area contributed by atoms with E-state index in [1.54, 1.807) is 60.2 Å². The molecule has 1 aliphatic rings. The first-order chi connectivity index (χ1) is 17.9. The lowest BCUT2D eigenvalue weighted by Gasteiger charge is -2.32. The Morgan fingerprint density at radius 3 is 2.41 bits per heavy atom. The summed E-state index contributed by atoms with van der Waals surface area (Å²) in [6.07, 6.45) is 2.28. The highest BCUT2D eigenvalue weighted by molar-refractivity contribution is 6.07. The van der Waals surface area contributed by atoms with Gasteiger partial charge < -0.3 is 18.9 Å². The van der Waals surface area contributed by atoms with Gasteiger partial charge in [0.2, 0.25) is 0 Å². The molecule has 0 bridgehead atoms. The van der Waals surface area contributed by atoms with Gasteiger partial charge in [-0.15, -0.1) is 0 Å². The number of hydrogen-bond donors (Lipinski definition) is 0. The molecule has 0 saturated carbocycles. The maximum Gasteiger partial charge on any atom is 0.277 e. The summed E-state index contributed by atoms with van der Waals surface area (Å²) < 4.78 is 26.2. The van der Waals surface area contributed by atoms with Gasteiger partial charge in [-0.25, -0.2) is 4.39 Å². The molecule has 0 unspecified atom stereocenters. The summed E-state index contributed by atoms with van der Waals surface area (Å²) >= 11 is 0. The average molecular weight is 502 g/mol. The number of amides is 1. The summed E-state index contributed by atoms with van der Waals surface area (Å²) in [6, 6.07) is 15.0. The Bertz CT molecular complexity index is 1510. The highest BCUT2D eigenvalue weighted by Gasteiger charge is 2.30. The van der Waals surface area contributed by atoms with Crippen LogP contribution in [0.1, 0.15) is 29.4 Å². The van der Waals surface area contributed by atoms with Crippen molar-refractivity contribution in [2.45, 2.75) is 26.4 Å². The summed E-state index contributed by atoms with van der Waals surface area (Å²) in [4.78, 5) is 34.0. The second-order valence-corrected chi connectivity index (χ2v) is 9.39. The molecule has 1 amide bonds. The zero-order chi connectivity index (χ0) is 26.1. The van der Waals surface area contributed by atoms with E-state index in [2.05, 4.69) is 11.9 Å².